The lowest BCUT2D eigenvalue weighted by atomic mass is 9.80. The first-order chi connectivity index (χ1) is 19.9. The lowest BCUT2D eigenvalue weighted by Gasteiger charge is -2.26. The van der Waals surface area contributed by atoms with Gasteiger partial charge in [0.25, 0.3) is 0 Å². The minimum absolute atomic E-state index is 0.0325. The fourth-order valence-corrected chi connectivity index (χ4v) is 7.54. The van der Waals surface area contributed by atoms with E-state index in [1.807, 2.05) is 17.9 Å². The molecule has 6 rings (SSSR count). The Balaban J connectivity index is 1.40. The van der Waals surface area contributed by atoms with E-state index in [0.717, 1.165) is 43.8 Å². The number of hydrogen-bond acceptors (Lipinski definition) is 3. The first-order valence-corrected chi connectivity index (χ1v) is 15.9. The van der Waals surface area contributed by atoms with Crippen molar-refractivity contribution in [2.45, 2.75) is 96.1 Å². The monoisotopic (exact) mass is 550 g/mol. The summed E-state index contributed by atoms with van der Waals surface area (Å²) in [5.41, 5.74) is 13.5. The van der Waals surface area contributed by atoms with Crippen molar-refractivity contribution in [2.75, 3.05) is 0 Å². The molecule has 2 aromatic heterocycles. The molecule has 2 fully saturated rings. The molecule has 5 heteroatoms. The molecule has 0 saturated heterocycles. The number of rotatable bonds is 9. The van der Waals surface area contributed by atoms with Crippen LogP contribution in [0.25, 0.3) is 22.2 Å². The van der Waals surface area contributed by atoms with E-state index in [0.29, 0.717) is 30.6 Å². The van der Waals surface area contributed by atoms with Gasteiger partial charge in [-0.3, -0.25) is 9.48 Å². The molecular formula is C36H46N4O. The summed E-state index contributed by atoms with van der Waals surface area (Å²) in [4.78, 5) is 13.7. The molecule has 2 aromatic carbocycles. The van der Waals surface area contributed by atoms with E-state index in [1.54, 1.807) is 0 Å². The first-order valence-electron chi connectivity index (χ1n) is 15.9. The van der Waals surface area contributed by atoms with Crippen molar-refractivity contribution < 1.29 is 4.79 Å². The number of Topliss-reactive ketones (excluding diaryl/α,β-unsaturated/α-hetero) is 1. The maximum Gasteiger partial charge on any atom is 0.134 e. The SMILES string of the molecule is Cc1cccc(C(CC(=O)CC2CCC(N)CC2)c2cn(CC3CCCCC3)c3ccc(-c4ccnn4C)cc23)c1. The number of hydrogen-bond donors (Lipinski definition) is 1. The summed E-state index contributed by atoms with van der Waals surface area (Å²) in [6, 6.07) is 18.1. The second-order valence-corrected chi connectivity index (χ2v) is 13.0. The number of carbonyl (C=O) groups is 1. The highest BCUT2D eigenvalue weighted by atomic mass is 16.1. The fraction of sp³-hybridized carbons (Fsp3) is 0.500. The molecule has 0 aliphatic heterocycles. The van der Waals surface area contributed by atoms with Gasteiger partial charge in [-0.2, -0.15) is 5.10 Å². The van der Waals surface area contributed by atoms with Crippen molar-refractivity contribution in [3.63, 3.8) is 0 Å². The normalized spacial score (nSPS) is 20.9. The third-order valence-corrected chi connectivity index (χ3v) is 9.87. The van der Waals surface area contributed by atoms with Crippen molar-refractivity contribution in [3.8, 4) is 11.3 Å². The van der Waals surface area contributed by atoms with Gasteiger partial charge in [0.1, 0.15) is 5.78 Å². The zero-order chi connectivity index (χ0) is 28.3. The average Bonchev–Trinajstić information content (AvgIpc) is 3.56. The second kappa shape index (κ2) is 12.4. The van der Waals surface area contributed by atoms with Gasteiger partial charge >= 0.3 is 0 Å². The molecule has 2 heterocycles. The molecule has 0 bridgehead atoms. The summed E-state index contributed by atoms with van der Waals surface area (Å²) in [5, 5.41) is 5.70. The minimum Gasteiger partial charge on any atom is -0.347 e. The third-order valence-electron chi connectivity index (χ3n) is 9.87. The van der Waals surface area contributed by atoms with Crippen LogP contribution < -0.4 is 5.73 Å². The Bertz CT molecular complexity index is 1480. The molecule has 4 aromatic rings. The number of nitrogens with two attached hydrogens (primary N) is 1. The zero-order valence-electron chi connectivity index (χ0n) is 24.9. The van der Waals surface area contributed by atoms with Crippen LogP contribution in [0.5, 0.6) is 0 Å². The van der Waals surface area contributed by atoms with Gasteiger partial charge in [-0.1, -0.05) is 55.2 Å². The van der Waals surface area contributed by atoms with Gasteiger partial charge in [0, 0.05) is 67.3 Å². The van der Waals surface area contributed by atoms with Gasteiger partial charge in [-0.15, -0.1) is 0 Å². The Hall–Kier alpha value is -3.18. The van der Waals surface area contributed by atoms with Crippen LogP contribution in [0, 0.1) is 18.8 Å². The maximum atomic E-state index is 13.7. The summed E-state index contributed by atoms with van der Waals surface area (Å²) in [6.45, 7) is 3.21. The van der Waals surface area contributed by atoms with Crippen molar-refractivity contribution in [1.29, 1.82) is 0 Å². The summed E-state index contributed by atoms with van der Waals surface area (Å²) < 4.78 is 4.45. The van der Waals surface area contributed by atoms with Crippen LogP contribution in [0.4, 0.5) is 0 Å². The number of aryl methyl sites for hydroxylation is 2. The Morgan fingerprint density at radius 2 is 1.78 bits per heavy atom. The largest absolute Gasteiger partial charge is 0.347 e. The summed E-state index contributed by atoms with van der Waals surface area (Å²) >= 11 is 0. The summed E-state index contributed by atoms with van der Waals surface area (Å²) in [5.74, 6) is 1.61. The molecule has 1 unspecified atom stereocenters. The number of nitrogens with zero attached hydrogens (tertiary/aromatic N) is 3. The van der Waals surface area contributed by atoms with E-state index in [1.165, 1.54) is 65.3 Å². The Morgan fingerprint density at radius 3 is 2.51 bits per heavy atom. The Morgan fingerprint density at radius 1 is 0.976 bits per heavy atom. The predicted octanol–water partition coefficient (Wildman–Crippen LogP) is 7.93. The van der Waals surface area contributed by atoms with Crippen LogP contribution in [0.3, 0.4) is 0 Å². The fourth-order valence-electron chi connectivity index (χ4n) is 7.54. The number of ketones is 1. The molecule has 0 radical (unpaired) electrons. The van der Waals surface area contributed by atoms with Gasteiger partial charge in [0.05, 0.1) is 5.69 Å². The van der Waals surface area contributed by atoms with E-state index >= 15 is 0 Å². The van der Waals surface area contributed by atoms with E-state index in [2.05, 4.69) is 71.3 Å². The second-order valence-electron chi connectivity index (χ2n) is 13.0. The smallest absolute Gasteiger partial charge is 0.134 e. The molecule has 2 saturated carbocycles. The number of aromatic nitrogens is 3. The average molecular weight is 551 g/mol. The highest BCUT2D eigenvalue weighted by Gasteiger charge is 2.27. The van der Waals surface area contributed by atoms with Crippen molar-refractivity contribution in [1.82, 2.24) is 14.3 Å². The van der Waals surface area contributed by atoms with Crippen LogP contribution in [0.1, 0.15) is 93.2 Å². The Kier molecular flexibility index (Phi) is 8.43. The van der Waals surface area contributed by atoms with E-state index in [4.69, 9.17) is 5.73 Å². The highest BCUT2D eigenvalue weighted by Crippen LogP contribution is 2.39. The molecule has 0 amide bonds. The topological polar surface area (TPSA) is 65.8 Å². The molecule has 2 aliphatic rings. The molecule has 41 heavy (non-hydrogen) atoms. The molecule has 1 atom stereocenters. The molecule has 0 spiro atoms. The highest BCUT2D eigenvalue weighted by molar-refractivity contribution is 5.90. The molecular weight excluding hydrogens is 504 g/mol. The first kappa shape index (κ1) is 28.0. The number of benzene rings is 2. The van der Waals surface area contributed by atoms with Crippen molar-refractivity contribution in [3.05, 3.63) is 77.6 Å². The van der Waals surface area contributed by atoms with Gasteiger partial charge in [0.2, 0.25) is 0 Å². The van der Waals surface area contributed by atoms with E-state index in [-0.39, 0.29) is 5.92 Å². The van der Waals surface area contributed by atoms with Crippen molar-refractivity contribution >= 4 is 16.7 Å². The third kappa shape index (κ3) is 6.35. The van der Waals surface area contributed by atoms with E-state index in [9.17, 15) is 4.79 Å². The van der Waals surface area contributed by atoms with Crippen LogP contribution in [-0.4, -0.2) is 26.2 Å². The number of fused-ring (bicyclic) bond motifs is 1. The molecule has 2 aliphatic carbocycles. The van der Waals surface area contributed by atoms with Crippen LogP contribution in [0.15, 0.2) is 60.9 Å². The van der Waals surface area contributed by atoms with Crippen LogP contribution in [0.2, 0.25) is 0 Å². The van der Waals surface area contributed by atoms with Gasteiger partial charge in [-0.05, 0) is 86.6 Å². The van der Waals surface area contributed by atoms with Gasteiger partial charge in [0.15, 0.2) is 0 Å². The maximum absolute atomic E-state index is 13.7. The standard InChI is InChI=1S/C36H46N4O/c1-25-7-6-10-28(19-25)32(22-31(41)20-26-11-14-30(37)15-12-26)34-24-40(23-27-8-4-3-5-9-27)36-16-13-29(21-33(34)36)35-17-18-38-39(35)2/h6-7,10,13,16-19,21,24,26-27,30,32H,3-5,8-9,11-12,14-15,20,22-23,37H2,1-2H3. The zero-order valence-corrected chi connectivity index (χ0v) is 24.9. The molecule has 2 N–H and O–H groups in total. The van der Waals surface area contributed by atoms with Gasteiger partial charge < -0.3 is 10.3 Å². The van der Waals surface area contributed by atoms with Crippen molar-refractivity contribution in [2.24, 2.45) is 24.6 Å². The Labute approximate surface area is 245 Å². The van der Waals surface area contributed by atoms with Gasteiger partial charge in [-0.25, -0.2) is 0 Å². The molecule has 216 valence electrons. The minimum atomic E-state index is 0.0325. The summed E-state index contributed by atoms with van der Waals surface area (Å²) in [6.07, 6.45) is 16.4. The quantitative estimate of drug-likeness (QED) is 0.230. The predicted molar refractivity (Wildman–Crippen MR) is 168 cm³/mol. The number of carbonyl (C=O) groups excluding carboxylic acids is 1. The lowest BCUT2D eigenvalue weighted by molar-refractivity contribution is -0.120. The lowest BCUT2D eigenvalue weighted by Crippen LogP contribution is -2.27. The van der Waals surface area contributed by atoms with Crippen LogP contribution >= 0.6 is 0 Å². The van der Waals surface area contributed by atoms with Crippen LogP contribution in [-0.2, 0) is 18.4 Å². The summed E-state index contributed by atoms with van der Waals surface area (Å²) in [7, 11) is 2.00. The molecule has 5 nitrogen and oxygen atoms in total. The van der Waals surface area contributed by atoms with E-state index < -0.39 is 0 Å².